The molecule has 3 heterocycles. The van der Waals surface area contributed by atoms with E-state index < -0.39 is 0 Å². The number of nitrogens with zero attached hydrogens (tertiary/aromatic N) is 3. The van der Waals surface area contributed by atoms with E-state index in [-0.39, 0.29) is 17.4 Å². The Bertz CT molecular complexity index is 1060. The third kappa shape index (κ3) is 4.99. The van der Waals surface area contributed by atoms with E-state index in [2.05, 4.69) is 20.2 Å². The molecule has 7 heteroatoms. The Morgan fingerprint density at radius 3 is 2.80 bits per heavy atom. The van der Waals surface area contributed by atoms with E-state index in [0.29, 0.717) is 11.5 Å². The molecule has 1 saturated heterocycles. The van der Waals surface area contributed by atoms with Crippen molar-refractivity contribution in [2.45, 2.75) is 32.2 Å². The van der Waals surface area contributed by atoms with Crippen LogP contribution in [-0.2, 0) is 11.3 Å². The highest BCUT2D eigenvalue weighted by Gasteiger charge is 2.23. The maximum atomic E-state index is 12.2. The molecule has 1 aliphatic rings. The molecule has 2 N–H and O–H groups in total. The van der Waals surface area contributed by atoms with E-state index in [9.17, 15) is 9.59 Å². The van der Waals surface area contributed by atoms with Gasteiger partial charge in [-0.1, -0.05) is 18.2 Å². The molecule has 1 fully saturated rings. The van der Waals surface area contributed by atoms with Crippen molar-refractivity contribution in [2.75, 3.05) is 18.4 Å². The minimum atomic E-state index is -0.147. The van der Waals surface area contributed by atoms with E-state index in [1.165, 1.54) is 12.5 Å². The van der Waals surface area contributed by atoms with Crippen LogP contribution in [-0.4, -0.2) is 38.8 Å². The number of hydrogen-bond donors (Lipinski definition) is 2. The third-order valence-electron chi connectivity index (χ3n) is 5.27. The van der Waals surface area contributed by atoms with Gasteiger partial charge in [0.1, 0.15) is 5.69 Å². The van der Waals surface area contributed by atoms with Crippen molar-refractivity contribution in [2.24, 2.45) is 0 Å². The number of carbonyl (C=O) groups excluding carboxylic acids is 1. The number of benzene rings is 1. The highest BCUT2D eigenvalue weighted by Crippen LogP contribution is 2.27. The van der Waals surface area contributed by atoms with E-state index in [1.54, 1.807) is 12.3 Å². The van der Waals surface area contributed by atoms with Crippen molar-refractivity contribution in [3.05, 3.63) is 76.3 Å². The number of nitrogens with one attached hydrogen (secondary N) is 2. The average Bonchev–Trinajstić information content (AvgIpc) is 2.75. The van der Waals surface area contributed by atoms with Crippen molar-refractivity contribution in [1.82, 2.24) is 19.9 Å². The number of rotatable bonds is 5. The summed E-state index contributed by atoms with van der Waals surface area (Å²) in [7, 11) is 0. The van der Waals surface area contributed by atoms with Crippen molar-refractivity contribution in [1.29, 1.82) is 0 Å². The summed E-state index contributed by atoms with van der Waals surface area (Å²) in [5.41, 5.74) is 3.34. The van der Waals surface area contributed by atoms with Crippen LogP contribution < -0.4 is 10.9 Å². The van der Waals surface area contributed by atoms with E-state index in [4.69, 9.17) is 4.98 Å². The summed E-state index contributed by atoms with van der Waals surface area (Å²) in [6, 6.07) is 15.1. The number of piperidine rings is 1. The highest BCUT2D eigenvalue weighted by atomic mass is 16.1. The van der Waals surface area contributed by atoms with Gasteiger partial charge in [0.25, 0.3) is 5.56 Å². The molecule has 0 spiro atoms. The molecule has 1 unspecified atom stereocenters. The number of H-pyrrole nitrogens is 1. The van der Waals surface area contributed by atoms with Crippen LogP contribution in [0.25, 0.3) is 11.5 Å². The number of carbonyl (C=O) groups is 1. The van der Waals surface area contributed by atoms with Crippen LogP contribution in [0.3, 0.4) is 0 Å². The first kappa shape index (κ1) is 20.0. The van der Waals surface area contributed by atoms with Crippen LogP contribution in [0, 0.1) is 0 Å². The maximum absolute atomic E-state index is 12.2. The zero-order chi connectivity index (χ0) is 20.9. The minimum absolute atomic E-state index is 0.0722. The van der Waals surface area contributed by atoms with Crippen LogP contribution in [0.2, 0.25) is 0 Å². The fraction of sp³-hybridized carbons (Fsp3) is 0.304. The summed E-state index contributed by atoms with van der Waals surface area (Å²) in [5.74, 6) is 0.656. The van der Waals surface area contributed by atoms with Gasteiger partial charge in [-0.2, -0.15) is 0 Å². The summed E-state index contributed by atoms with van der Waals surface area (Å²) in [4.78, 5) is 37.6. The number of pyridine rings is 1. The first-order valence-electron chi connectivity index (χ1n) is 10.2. The topological polar surface area (TPSA) is 91.0 Å². The molecule has 30 heavy (non-hydrogen) atoms. The minimum Gasteiger partial charge on any atom is -0.326 e. The first-order chi connectivity index (χ1) is 14.6. The number of hydrogen-bond acceptors (Lipinski definition) is 5. The standard InChI is InChI=1S/C23H25N5O2/c1-16(29)25-19-9-7-17(8-10-19)14-28-12-4-5-18(15-28)21-13-22(30)27-23(26-21)20-6-2-3-11-24-20/h2-3,6-11,13,18H,4-5,12,14-15H2,1H3,(H,25,29)(H,26,27,30). The summed E-state index contributed by atoms with van der Waals surface area (Å²) in [6.07, 6.45) is 3.76. The van der Waals surface area contributed by atoms with Gasteiger partial charge in [0.05, 0.1) is 5.69 Å². The Balaban J connectivity index is 1.47. The predicted molar refractivity (Wildman–Crippen MR) is 116 cm³/mol. The number of amides is 1. The molecule has 2 aromatic heterocycles. The van der Waals surface area contributed by atoms with Gasteiger partial charge >= 0.3 is 0 Å². The highest BCUT2D eigenvalue weighted by molar-refractivity contribution is 5.88. The Hall–Kier alpha value is -3.32. The SMILES string of the molecule is CC(=O)Nc1ccc(CN2CCCC(c3cc(=O)[nH]c(-c4ccccn4)n3)C2)cc1. The van der Waals surface area contributed by atoms with Gasteiger partial charge in [-0.05, 0) is 49.2 Å². The normalized spacial score (nSPS) is 16.9. The fourth-order valence-corrected chi connectivity index (χ4v) is 3.91. The molecule has 7 nitrogen and oxygen atoms in total. The van der Waals surface area contributed by atoms with Crippen LogP contribution in [0.5, 0.6) is 0 Å². The van der Waals surface area contributed by atoms with Gasteiger partial charge < -0.3 is 10.3 Å². The summed E-state index contributed by atoms with van der Waals surface area (Å²) >= 11 is 0. The number of likely N-dealkylation sites (tertiary alicyclic amines) is 1. The van der Waals surface area contributed by atoms with Crippen molar-refractivity contribution >= 4 is 11.6 Å². The lowest BCUT2D eigenvalue weighted by atomic mass is 9.94. The van der Waals surface area contributed by atoms with Crippen LogP contribution in [0.4, 0.5) is 5.69 Å². The number of aromatic amines is 1. The maximum Gasteiger partial charge on any atom is 0.251 e. The Morgan fingerprint density at radius 2 is 2.07 bits per heavy atom. The van der Waals surface area contributed by atoms with E-state index >= 15 is 0 Å². The van der Waals surface area contributed by atoms with Gasteiger partial charge in [-0.3, -0.25) is 19.5 Å². The molecular formula is C23H25N5O2. The first-order valence-corrected chi connectivity index (χ1v) is 10.2. The molecular weight excluding hydrogens is 378 g/mol. The van der Waals surface area contributed by atoms with E-state index in [0.717, 1.165) is 43.9 Å². The Kier molecular flexibility index (Phi) is 5.99. The second kappa shape index (κ2) is 9.00. The molecule has 3 aromatic rings. The monoisotopic (exact) mass is 403 g/mol. The molecule has 0 aliphatic carbocycles. The number of anilines is 1. The summed E-state index contributed by atoms with van der Waals surface area (Å²) < 4.78 is 0. The molecule has 154 valence electrons. The smallest absolute Gasteiger partial charge is 0.251 e. The molecule has 1 aliphatic heterocycles. The second-order valence-electron chi connectivity index (χ2n) is 7.69. The summed E-state index contributed by atoms with van der Waals surface area (Å²) in [6.45, 7) is 4.20. The third-order valence-corrected chi connectivity index (χ3v) is 5.27. The predicted octanol–water partition coefficient (Wildman–Crippen LogP) is 3.17. The average molecular weight is 403 g/mol. The van der Waals surface area contributed by atoms with Gasteiger partial charge in [-0.25, -0.2) is 4.98 Å². The Labute approximate surface area is 175 Å². The molecule has 0 saturated carbocycles. The van der Waals surface area contributed by atoms with Gasteiger partial charge in [-0.15, -0.1) is 0 Å². The van der Waals surface area contributed by atoms with Crippen molar-refractivity contribution < 1.29 is 4.79 Å². The van der Waals surface area contributed by atoms with E-state index in [1.807, 2.05) is 42.5 Å². The fourth-order valence-electron chi connectivity index (χ4n) is 3.91. The summed E-state index contributed by atoms with van der Waals surface area (Å²) in [5, 5.41) is 2.79. The quantitative estimate of drug-likeness (QED) is 0.683. The molecule has 1 amide bonds. The molecule has 0 radical (unpaired) electrons. The second-order valence-corrected chi connectivity index (χ2v) is 7.69. The van der Waals surface area contributed by atoms with Gasteiger partial charge in [0.15, 0.2) is 5.82 Å². The number of aromatic nitrogens is 3. The molecule has 4 rings (SSSR count). The largest absolute Gasteiger partial charge is 0.326 e. The van der Waals surface area contributed by atoms with Crippen LogP contribution in [0.15, 0.2) is 59.5 Å². The lowest BCUT2D eigenvalue weighted by molar-refractivity contribution is -0.114. The van der Waals surface area contributed by atoms with Crippen LogP contribution >= 0.6 is 0 Å². The van der Waals surface area contributed by atoms with Gasteiger partial charge in [0.2, 0.25) is 5.91 Å². The molecule has 1 atom stereocenters. The zero-order valence-electron chi connectivity index (χ0n) is 17.0. The lowest BCUT2D eigenvalue weighted by Crippen LogP contribution is -2.34. The van der Waals surface area contributed by atoms with Gasteiger partial charge in [0, 0.05) is 43.9 Å². The molecule has 0 bridgehead atoms. The van der Waals surface area contributed by atoms with Crippen molar-refractivity contribution in [3.8, 4) is 11.5 Å². The van der Waals surface area contributed by atoms with Crippen molar-refractivity contribution in [3.63, 3.8) is 0 Å². The Morgan fingerprint density at radius 1 is 1.23 bits per heavy atom. The molecule has 1 aromatic carbocycles. The lowest BCUT2D eigenvalue weighted by Gasteiger charge is -2.32. The zero-order valence-corrected chi connectivity index (χ0v) is 17.0. The van der Waals surface area contributed by atoms with Crippen LogP contribution in [0.1, 0.15) is 36.9 Å².